The Morgan fingerprint density at radius 3 is 2.44 bits per heavy atom. The molecule has 0 aliphatic carbocycles. The summed E-state index contributed by atoms with van der Waals surface area (Å²) in [5.41, 5.74) is 1.02. The second-order valence-electron chi connectivity index (χ2n) is 6.02. The van der Waals surface area contributed by atoms with Crippen molar-refractivity contribution < 1.29 is 26.3 Å². The van der Waals surface area contributed by atoms with E-state index in [9.17, 15) is 26.3 Å². The number of nitrogens with two attached hydrogens (primary N) is 1. The van der Waals surface area contributed by atoms with Crippen molar-refractivity contribution in [3.8, 4) is 0 Å². The zero-order valence-corrected chi connectivity index (χ0v) is 13.5. The Balaban J connectivity index is 2.04. The number of hydrogen-bond donors (Lipinski definition) is 1. The van der Waals surface area contributed by atoms with Crippen molar-refractivity contribution in [3.63, 3.8) is 0 Å². The van der Waals surface area contributed by atoms with Gasteiger partial charge in [0.2, 0.25) is 5.96 Å². The molecule has 2 aliphatic rings. The first kappa shape index (κ1) is 18.7. The lowest BCUT2D eigenvalue weighted by Crippen LogP contribution is -2.45. The second-order valence-corrected chi connectivity index (χ2v) is 6.02. The number of benzene rings is 1. The first-order valence-electron chi connectivity index (χ1n) is 7.33. The van der Waals surface area contributed by atoms with E-state index in [1.165, 1.54) is 6.92 Å². The molecule has 0 spiro atoms. The second kappa shape index (κ2) is 5.70. The predicted molar refractivity (Wildman–Crippen MR) is 84.8 cm³/mol. The molecule has 6 nitrogen and oxygen atoms in total. The Kier molecular flexibility index (Phi) is 3.94. The molecule has 142 valence electrons. The highest BCUT2D eigenvalue weighted by atomic mass is 19.4. The summed E-state index contributed by atoms with van der Waals surface area (Å²) in [6, 6.07) is 2.72. The number of alkyl halides is 6. The van der Waals surface area contributed by atoms with Gasteiger partial charge in [0.05, 0.1) is 17.8 Å². The molecule has 0 aromatic heterocycles. The summed E-state index contributed by atoms with van der Waals surface area (Å²) < 4.78 is 78.1. The number of rotatable bonds is 1. The van der Waals surface area contributed by atoms with Crippen LogP contribution in [0.25, 0.3) is 4.85 Å². The van der Waals surface area contributed by atoms with E-state index in [1.807, 2.05) is 0 Å². The Labute approximate surface area is 148 Å². The standard InChI is InChI=1S/C15H10F6N6/c1-13-6-10(15(19,20)21)26-27(13)12(22)25-11(13)24-7-3-4-9(23-2)8(5-7)14(16,17)18/h3-5H,6H2,1H3,(H2,22,24,25)/t13-/m1/s1. The summed E-state index contributed by atoms with van der Waals surface area (Å²) in [6.07, 6.45) is -10.1. The summed E-state index contributed by atoms with van der Waals surface area (Å²) in [5, 5.41) is 4.27. The minimum absolute atomic E-state index is 0.202. The molecule has 2 N–H and O–H groups in total. The maximum atomic E-state index is 13.1. The Morgan fingerprint density at radius 1 is 1.22 bits per heavy atom. The predicted octanol–water partition coefficient (Wildman–Crippen LogP) is 4.00. The fourth-order valence-electron chi connectivity index (χ4n) is 2.76. The molecule has 1 aromatic rings. The number of amidine groups is 1. The van der Waals surface area contributed by atoms with Crippen molar-refractivity contribution in [2.75, 3.05) is 0 Å². The van der Waals surface area contributed by atoms with Gasteiger partial charge < -0.3 is 5.73 Å². The lowest BCUT2D eigenvalue weighted by molar-refractivity contribution is -0.136. The van der Waals surface area contributed by atoms with E-state index in [2.05, 4.69) is 19.9 Å². The number of fused-ring (bicyclic) bond motifs is 1. The van der Waals surface area contributed by atoms with E-state index < -0.39 is 41.3 Å². The molecule has 12 heteroatoms. The summed E-state index contributed by atoms with van der Waals surface area (Å²) in [7, 11) is 0. The average Bonchev–Trinajstić information content (AvgIpc) is 3.01. The maximum Gasteiger partial charge on any atom is 0.431 e. The smallest absolute Gasteiger partial charge is 0.368 e. The van der Waals surface area contributed by atoms with Crippen molar-refractivity contribution >= 4 is 28.9 Å². The molecule has 2 heterocycles. The normalized spacial score (nSPS) is 23.9. The number of aliphatic imine (C=N–C) groups is 2. The number of halogens is 6. The van der Waals surface area contributed by atoms with E-state index in [0.29, 0.717) is 6.07 Å². The third kappa shape index (κ3) is 3.09. The van der Waals surface area contributed by atoms with Gasteiger partial charge in [0, 0.05) is 6.42 Å². The van der Waals surface area contributed by atoms with Crippen LogP contribution < -0.4 is 5.73 Å². The average molecular weight is 388 g/mol. The van der Waals surface area contributed by atoms with Crippen LogP contribution in [-0.2, 0) is 6.18 Å². The Morgan fingerprint density at radius 2 is 1.89 bits per heavy atom. The molecule has 1 atom stereocenters. The SMILES string of the molecule is [C-]#[N+]c1ccc(N=C2N=C(N)N3N=C(C(F)(F)F)C[C@]23C)cc1C(F)(F)F. The van der Waals surface area contributed by atoms with E-state index in [4.69, 9.17) is 12.3 Å². The minimum atomic E-state index is -4.79. The summed E-state index contributed by atoms with van der Waals surface area (Å²) in [5.74, 6) is -0.545. The van der Waals surface area contributed by atoms with Crippen LogP contribution in [0.2, 0.25) is 0 Å². The van der Waals surface area contributed by atoms with Gasteiger partial charge in [-0.05, 0) is 19.1 Å². The number of nitrogens with zero attached hydrogens (tertiary/aromatic N) is 5. The number of hydrogen-bond acceptors (Lipinski definition) is 4. The van der Waals surface area contributed by atoms with E-state index in [0.717, 1.165) is 17.1 Å². The molecule has 0 saturated carbocycles. The molecule has 3 rings (SSSR count). The van der Waals surface area contributed by atoms with Crippen LogP contribution in [0, 0.1) is 6.57 Å². The highest BCUT2D eigenvalue weighted by Gasteiger charge is 2.55. The number of hydrazone groups is 1. The minimum Gasteiger partial charge on any atom is -0.368 e. The van der Waals surface area contributed by atoms with Gasteiger partial charge >= 0.3 is 12.4 Å². The van der Waals surface area contributed by atoms with Crippen molar-refractivity contribution in [2.24, 2.45) is 20.8 Å². The van der Waals surface area contributed by atoms with Gasteiger partial charge in [0.15, 0.2) is 11.5 Å². The van der Waals surface area contributed by atoms with Crippen LogP contribution >= 0.6 is 0 Å². The molecule has 0 bridgehead atoms. The first-order valence-corrected chi connectivity index (χ1v) is 7.33. The van der Waals surface area contributed by atoms with E-state index in [1.54, 1.807) is 0 Å². The Hall–Kier alpha value is -3.10. The molecule has 0 amide bonds. The van der Waals surface area contributed by atoms with Gasteiger partial charge in [-0.15, -0.1) is 0 Å². The maximum absolute atomic E-state index is 13.1. The van der Waals surface area contributed by atoms with Crippen molar-refractivity contribution in [2.45, 2.75) is 31.2 Å². The zero-order valence-electron chi connectivity index (χ0n) is 13.5. The van der Waals surface area contributed by atoms with Crippen LogP contribution in [-0.4, -0.2) is 34.2 Å². The quantitative estimate of drug-likeness (QED) is 0.584. The molecule has 1 aromatic carbocycles. The zero-order chi connectivity index (χ0) is 20.2. The number of guanidine groups is 1. The van der Waals surface area contributed by atoms with E-state index >= 15 is 0 Å². The van der Waals surface area contributed by atoms with Gasteiger partial charge in [-0.3, -0.25) is 0 Å². The van der Waals surface area contributed by atoms with Gasteiger partial charge in [0.1, 0.15) is 11.3 Å². The molecule has 2 aliphatic heterocycles. The lowest BCUT2D eigenvalue weighted by Gasteiger charge is -2.25. The molecular formula is C15H10F6N6. The fraction of sp³-hybridized carbons (Fsp3) is 0.333. The first-order chi connectivity index (χ1) is 12.4. The van der Waals surface area contributed by atoms with Crippen LogP contribution in [0.1, 0.15) is 18.9 Å². The summed E-state index contributed by atoms with van der Waals surface area (Å²) in [6.45, 7) is 8.17. The third-order valence-electron chi connectivity index (χ3n) is 4.09. The molecule has 0 unspecified atom stereocenters. The molecule has 0 radical (unpaired) electrons. The molecule has 0 fully saturated rings. The fourth-order valence-corrected chi connectivity index (χ4v) is 2.76. The van der Waals surface area contributed by atoms with Gasteiger partial charge in [-0.25, -0.2) is 14.8 Å². The monoisotopic (exact) mass is 388 g/mol. The van der Waals surface area contributed by atoms with Gasteiger partial charge in [-0.2, -0.15) is 36.4 Å². The highest BCUT2D eigenvalue weighted by molar-refractivity contribution is 6.13. The molecule has 27 heavy (non-hydrogen) atoms. The summed E-state index contributed by atoms with van der Waals surface area (Å²) >= 11 is 0. The summed E-state index contributed by atoms with van der Waals surface area (Å²) in [4.78, 5) is 10.6. The van der Waals surface area contributed by atoms with Crippen LogP contribution in [0.15, 0.2) is 33.3 Å². The lowest BCUT2D eigenvalue weighted by atomic mass is 9.95. The van der Waals surface area contributed by atoms with Gasteiger partial charge in [0.25, 0.3) is 0 Å². The third-order valence-corrected chi connectivity index (χ3v) is 4.09. The molecule has 0 saturated heterocycles. The largest absolute Gasteiger partial charge is 0.431 e. The van der Waals surface area contributed by atoms with Crippen LogP contribution in [0.3, 0.4) is 0 Å². The highest BCUT2D eigenvalue weighted by Crippen LogP contribution is 2.41. The van der Waals surface area contributed by atoms with Crippen molar-refractivity contribution in [1.82, 2.24) is 5.01 Å². The molecular weight excluding hydrogens is 378 g/mol. The van der Waals surface area contributed by atoms with Gasteiger partial charge in [-0.1, -0.05) is 6.07 Å². The van der Waals surface area contributed by atoms with Crippen LogP contribution in [0.4, 0.5) is 37.7 Å². The van der Waals surface area contributed by atoms with Crippen molar-refractivity contribution in [3.05, 3.63) is 35.2 Å². The Bertz CT molecular complexity index is 936. The van der Waals surface area contributed by atoms with Crippen molar-refractivity contribution in [1.29, 1.82) is 0 Å². The topological polar surface area (TPSA) is 70.7 Å². The van der Waals surface area contributed by atoms with Crippen LogP contribution in [0.5, 0.6) is 0 Å². The van der Waals surface area contributed by atoms with E-state index in [-0.39, 0.29) is 17.5 Å².